The molecule has 2 aromatic rings. The Morgan fingerprint density at radius 2 is 1.82 bits per heavy atom. The number of piperidine rings is 1. The van der Waals surface area contributed by atoms with E-state index in [1.807, 2.05) is 22.9 Å². The van der Waals surface area contributed by atoms with Crippen molar-refractivity contribution >= 4 is 22.4 Å². The molecule has 1 fully saturated rings. The van der Waals surface area contributed by atoms with E-state index in [9.17, 15) is 4.79 Å². The summed E-state index contributed by atoms with van der Waals surface area (Å²) in [6.45, 7) is 10.1. The summed E-state index contributed by atoms with van der Waals surface area (Å²) in [6, 6.07) is 3.73. The SMILES string of the molecule is CCCN(CCC)CCNC(=O)c1cccn1-c1nnc(N2CCCCC2)s1. The predicted octanol–water partition coefficient (Wildman–Crippen LogP) is 3.17. The highest BCUT2D eigenvalue weighted by Gasteiger charge is 2.19. The smallest absolute Gasteiger partial charge is 0.268 e. The summed E-state index contributed by atoms with van der Waals surface area (Å²) in [5.41, 5.74) is 0.610. The van der Waals surface area contributed by atoms with E-state index in [4.69, 9.17) is 0 Å². The molecule has 0 unspecified atom stereocenters. The van der Waals surface area contributed by atoms with Gasteiger partial charge in [-0.15, -0.1) is 10.2 Å². The van der Waals surface area contributed by atoms with Crippen molar-refractivity contribution < 1.29 is 4.79 Å². The number of amides is 1. The molecular formula is C20H32N6OS. The number of anilines is 1. The summed E-state index contributed by atoms with van der Waals surface area (Å²) in [6.07, 6.45) is 7.85. The fourth-order valence-corrected chi connectivity index (χ4v) is 4.53. The molecule has 0 aromatic carbocycles. The van der Waals surface area contributed by atoms with Gasteiger partial charge in [0.1, 0.15) is 5.69 Å². The van der Waals surface area contributed by atoms with Crippen LogP contribution >= 0.6 is 11.3 Å². The normalized spacial score (nSPS) is 14.6. The molecular weight excluding hydrogens is 372 g/mol. The molecule has 0 saturated carbocycles. The molecule has 0 bridgehead atoms. The molecule has 1 N–H and O–H groups in total. The van der Waals surface area contributed by atoms with Crippen molar-refractivity contribution in [3.05, 3.63) is 24.0 Å². The molecule has 1 amide bonds. The van der Waals surface area contributed by atoms with E-state index in [1.165, 1.54) is 19.3 Å². The maximum atomic E-state index is 12.7. The Hall–Kier alpha value is -1.93. The van der Waals surface area contributed by atoms with Gasteiger partial charge < -0.3 is 15.1 Å². The Kier molecular flexibility index (Phi) is 7.85. The summed E-state index contributed by atoms with van der Waals surface area (Å²) in [5.74, 6) is -0.0623. The molecule has 0 spiro atoms. The molecule has 154 valence electrons. The molecule has 0 atom stereocenters. The molecule has 0 radical (unpaired) electrons. The Morgan fingerprint density at radius 3 is 2.54 bits per heavy atom. The second-order valence-electron chi connectivity index (χ2n) is 7.28. The number of nitrogens with zero attached hydrogens (tertiary/aromatic N) is 5. The van der Waals surface area contributed by atoms with Crippen LogP contribution in [0.15, 0.2) is 18.3 Å². The van der Waals surface area contributed by atoms with Crippen molar-refractivity contribution in [3.63, 3.8) is 0 Å². The maximum Gasteiger partial charge on any atom is 0.268 e. The van der Waals surface area contributed by atoms with Gasteiger partial charge in [0.2, 0.25) is 10.3 Å². The predicted molar refractivity (Wildman–Crippen MR) is 115 cm³/mol. The Morgan fingerprint density at radius 1 is 1.11 bits per heavy atom. The first-order chi connectivity index (χ1) is 13.7. The molecule has 3 heterocycles. The molecule has 1 aliphatic heterocycles. The first-order valence-corrected chi connectivity index (χ1v) is 11.3. The van der Waals surface area contributed by atoms with Crippen LogP contribution in [0.4, 0.5) is 5.13 Å². The van der Waals surface area contributed by atoms with Gasteiger partial charge in [-0.3, -0.25) is 9.36 Å². The third-order valence-electron chi connectivity index (χ3n) is 5.01. The molecule has 1 aliphatic rings. The molecule has 7 nitrogen and oxygen atoms in total. The molecule has 0 aliphatic carbocycles. The van der Waals surface area contributed by atoms with Crippen LogP contribution in [0.25, 0.3) is 5.13 Å². The monoisotopic (exact) mass is 404 g/mol. The van der Waals surface area contributed by atoms with Crippen LogP contribution in [0, 0.1) is 0 Å². The first-order valence-electron chi connectivity index (χ1n) is 10.5. The van der Waals surface area contributed by atoms with E-state index in [0.717, 1.165) is 55.8 Å². The molecule has 8 heteroatoms. The highest BCUT2D eigenvalue weighted by molar-refractivity contribution is 7.17. The van der Waals surface area contributed by atoms with Gasteiger partial charge in [-0.05, 0) is 57.3 Å². The Bertz CT molecular complexity index is 731. The van der Waals surface area contributed by atoms with E-state index in [0.29, 0.717) is 12.2 Å². The lowest BCUT2D eigenvalue weighted by atomic mass is 10.1. The van der Waals surface area contributed by atoms with Gasteiger partial charge in [0, 0.05) is 32.4 Å². The van der Waals surface area contributed by atoms with E-state index in [1.54, 1.807) is 11.3 Å². The van der Waals surface area contributed by atoms with Crippen molar-refractivity contribution in [1.29, 1.82) is 0 Å². The number of aromatic nitrogens is 3. The third kappa shape index (κ3) is 5.32. The average Bonchev–Trinajstić information content (AvgIpc) is 3.38. The van der Waals surface area contributed by atoms with Gasteiger partial charge in [0.15, 0.2) is 0 Å². The fraction of sp³-hybridized carbons (Fsp3) is 0.650. The topological polar surface area (TPSA) is 66.3 Å². The van der Waals surface area contributed by atoms with Gasteiger partial charge in [-0.2, -0.15) is 0 Å². The van der Waals surface area contributed by atoms with Crippen molar-refractivity contribution in [3.8, 4) is 5.13 Å². The van der Waals surface area contributed by atoms with Gasteiger partial charge in [0.25, 0.3) is 5.91 Å². The standard InChI is InChI=1S/C20H32N6OS/c1-3-11-24(12-4-2)16-10-21-18(27)17-9-8-15-26(17)20-23-22-19(28-20)25-13-6-5-7-14-25/h8-9,15H,3-7,10-14,16H2,1-2H3,(H,21,27). The zero-order chi connectivity index (χ0) is 19.8. The number of carbonyl (C=O) groups excluding carboxylic acids is 1. The second-order valence-corrected chi connectivity index (χ2v) is 8.21. The highest BCUT2D eigenvalue weighted by Crippen LogP contribution is 2.26. The Balaban J connectivity index is 1.60. The van der Waals surface area contributed by atoms with Crippen LogP contribution in [-0.2, 0) is 0 Å². The Labute approximate surface area is 171 Å². The zero-order valence-electron chi connectivity index (χ0n) is 17.1. The molecule has 1 saturated heterocycles. The minimum absolute atomic E-state index is 0.0623. The lowest BCUT2D eigenvalue weighted by Gasteiger charge is -2.25. The number of rotatable bonds is 10. The van der Waals surface area contributed by atoms with Gasteiger partial charge in [-0.25, -0.2) is 0 Å². The number of nitrogens with one attached hydrogen (secondary N) is 1. The van der Waals surface area contributed by atoms with E-state index in [-0.39, 0.29) is 5.91 Å². The van der Waals surface area contributed by atoms with Crippen LogP contribution < -0.4 is 10.2 Å². The van der Waals surface area contributed by atoms with Crippen molar-refractivity contribution in [2.75, 3.05) is 44.2 Å². The quantitative estimate of drug-likeness (QED) is 0.659. The summed E-state index contributed by atoms with van der Waals surface area (Å²) in [5, 5.41) is 13.4. The maximum absolute atomic E-state index is 12.7. The van der Waals surface area contributed by atoms with Crippen molar-refractivity contribution in [2.45, 2.75) is 46.0 Å². The third-order valence-corrected chi connectivity index (χ3v) is 5.99. The van der Waals surface area contributed by atoms with Crippen LogP contribution in [-0.4, -0.2) is 64.8 Å². The largest absolute Gasteiger partial charge is 0.349 e. The van der Waals surface area contributed by atoms with Crippen LogP contribution in [0.2, 0.25) is 0 Å². The number of carbonyl (C=O) groups is 1. The first kappa shape index (κ1) is 20.8. The summed E-state index contributed by atoms with van der Waals surface area (Å²) in [4.78, 5) is 17.4. The second kappa shape index (κ2) is 10.6. The lowest BCUT2D eigenvalue weighted by Crippen LogP contribution is -2.36. The lowest BCUT2D eigenvalue weighted by molar-refractivity contribution is 0.0941. The zero-order valence-corrected chi connectivity index (χ0v) is 17.9. The van der Waals surface area contributed by atoms with Gasteiger partial charge >= 0.3 is 0 Å². The molecule has 28 heavy (non-hydrogen) atoms. The number of hydrogen-bond donors (Lipinski definition) is 1. The van der Waals surface area contributed by atoms with Crippen LogP contribution in [0.1, 0.15) is 56.4 Å². The van der Waals surface area contributed by atoms with Gasteiger partial charge in [-0.1, -0.05) is 25.2 Å². The van der Waals surface area contributed by atoms with E-state index in [2.05, 4.69) is 39.2 Å². The fourth-order valence-electron chi connectivity index (χ4n) is 3.64. The minimum Gasteiger partial charge on any atom is -0.349 e. The molecule has 3 rings (SSSR count). The van der Waals surface area contributed by atoms with Crippen LogP contribution in [0.3, 0.4) is 0 Å². The summed E-state index contributed by atoms with van der Waals surface area (Å²) in [7, 11) is 0. The molecule has 2 aromatic heterocycles. The van der Waals surface area contributed by atoms with Crippen molar-refractivity contribution in [1.82, 2.24) is 25.0 Å². The minimum atomic E-state index is -0.0623. The van der Waals surface area contributed by atoms with E-state index < -0.39 is 0 Å². The van der Waals surface area contributed by atoms with E-state index >= 15 is 0 Å². The number of hydrogen-bond acceptors (Lipinski definition) is 6. The summed E-state index contributed by atoms with van der Waals surface area (Å²) >= 11 is 1.55. The van der Waals surface area contributed by atoms with Crippen LogP contribution in [0.5, 0.6) is 0 Å². The summed E-state index contributed by atoms with van der Waals surface area (Å²) < 4.78 is 1.84. The van der Waals surface area contributed by atoms with Gasteiger partial charge in [0.05, 0.1) is 0 Å². The van der Waals surface area contributed by atoms with Crippen molar-refractivity contribution in [2.24, 2.45) is 0 Å². The highest BCUT2D eigenvalue weighted by atomic mass is 32.1. The average molecular weight is 405 g/mol.